The van der Waals surface area contributed by atoms with E-state index in [4.69, 9.17) is 16.3 Å². The van der Waals surface area contributed by atoms with Crippen LogP contribution in [-0.4, -0.2) is 24.3 Å². The van der Waals surface area contributed by atoms with Gasteiger partial charge in [-0.3, -0.25) is 9.59 Å². The lowest BCUT2D eigenvalue weighted by molar-refractivity contribution is -0.124. The van der Waals surface area contributed by atoms with Crippen LogP contribution in [0.1, 0.15) is 48.0 Å². The minimum absolute atomic E-state index is 0.118. The summed E-state index contributed by atoms with van der Waals surface area (Å²) in [6.07, 6.45) is 5.57. The Hall–Kier alpha value is -2.33. The van der Waals surface area contributed by atoms with Gasteiger partial charge in [-0.25, -0.2) is 0 Å². The summed E-state index contributed by atoms with van der Waals surface area (Å²) < 4.78 is 5.65. The predicted molar refractivity (Wildman–Crippen MR) is 102 cm³/mol. The zero-order chi connectivity index (χ0) is 18.4. The highest BCUT2D eigenvalue weighted by molar-refractivity contribution is 6.31. The molecule has 1 amide bonds. The highest BCUT2D eigenvalue weighted by atomic mass is 35.5. The summed E-state index contributed by atoms with van der Waals surface area (Å²) in [7, 11) is 0. The molecule has 0 atom stereocenters. The van der Waals surface area contributed by atoms with E-state index in [9.17, 15) is 9.59 Å². The standard InChI is InChI=1S/C21H22ClNO3/c22-16-11-12-19(18(13-16)21(25)15-7-3-1-4-8-15)26-14-20(24)23-17-9-5-2-6-10-17/h1,3-4,7-8,11-13,17H,2,5-6,9-10,14H2,(H,23,24). The van der Waals surface area contributed by atoms with E-state index in [-0.39, 0.29) is 24.3 Å². The molecule has 0 aliphatic heterocycles. The lowest BCUT2D eigenvalue weighted by Crippen LogP contribution is -2.39. The molecule has 0 aromatic heterocycles. The first kappa shape index (κ1) is 18.5. The molecule has 0 unspecified atom stereocenters. The molecule has 0 saturated heterocycles. The predicted octanol–water partition coefficient (Wildman–Crippen LogP) is 4.40. The van der Waals surface area contributed by atoms with E-state index in [1.54, 1.807) is 42.5 Å². The Labute approximate surface area is 158 Å². The van der Waals surface area contributed by atoms with Crippen LogP contribution in [0.2, 0.25) is 5.02 Å². The van der Waals surface area contributed by atoms with Gasteiger partial charge in [0.2, 0.25) is 0 Å². The number of halogens is 1. The van der Waals surface area contributed by atoms with E-state index in [0.29, 0.717) is 21.9 Å². The summed E-state index contributed by atoms with van der Waals surface area (Å²) in [5.74, 6) is 0.0165. The maximum atomic E-state index is 12.7. The number of ketones is 1. The van der Waals surface area contributed by atoms with Crippen molar-refractivity contribution in [3.63, 3.8) is 0 Å². The molecule has 4 nitrogen and oxygen atoms in total. The normalized spacial score (nSPS) is 14.7. The lowest BCUT2D eigenvalue weighted by atomic mass is 9.95. The smallest absolute Gasteiger partial charge is 0.258 e. The highest BCUT2D eigenvalue weighted by Gasteiger charge is 2.18. The number of benzene rings is 2. The summed E-state index contributed by atoms with van der Waals surface area (Å²) >= 11 is 6.05. The third kappa shape index (κ3) is 4.85. The molecule has 2 aromatic carbocycles. The van der Waals surface area contributed by atoms with Crippen LogP contribution in [0.15, 0.2) is 48.5 Å². The van der Waals surface area contributed by atoms with Crippen LogP contribution < -0.4 is 10.1 Å². The van der Waals surface area contributed by atoms with Crippen molar-refractivity contribution in [3.05, 3.63) is 64.7 Å². The summed E-state index contributed by atoms with van der Waals surface area (Å²) in [5.41, 5.74) is 0.903. The fourth-order valence-electron chi connectivity index (χ4n) is 3.21. The molecule has 1 aliphatic carbocycles. The van der Waals surface area contributed by atoms with Crippen LogP contribution in [0, 0.1) is 0 Å². The van der Waals surface area contributed by atoms with Gasteiger partial charge < -0.3 is 10.1 Å². The summed E-state index contributed by atoms with van der Waals surface area (Å²) in [6.45, 7) is -0.118. The van der Waals surface area contributed by atoms with Gasteiger partial charge in [-0.05, 0) is 31.0 Å². The molecule has 5 heteroatoms. The van der Waals surface area contributed by atoms with Gasteiger partial charge in [-0.15, -0.1) is 0 Å². The zero-order valence-corrected chi connectivity index (χ0v) is 15.3. The molecule has 26 heavy (non-hydrogen) atoms. The zero-order valence-electron chi connectivity index (χ0n) is 14.5. The van der Waals surface area contributed by atoms with Crippen LogP contribution in [0.4, 0.5) is 0 Å². The van der Waals surface area contributed by atoms with Crippen LogP contribution >= 0.6 is 11.6 Å². The first-order valence-corrected chi connectivity index (χ1v) is 9.33. The van der Waals surface area contributed by atoms with Gasteiger partial charge in [-0.2, -0.15) is 0 Å². The fraction of sp³-hybridized carbons (Fsp3) is 0.333. The van der Waals surface area contributed by atoms with Gasteiger partial charge in [0.15, 0.2) is 12.4 Å². The minimum Gasteiger partial charge on any atom is -0.483 e. The number of rotatable bonds is 6. The van der Waals surface area contributed by atoms with E-state index < -0.39 is 0 Å². The molecule has 0 bridgehead atoms. The summed E-state index contributed by atoms with van der Waals surface area (Å²) in [4.78, 5) is 24.9. The molecule has 2 aromatic rings. The Bertz CT molecular complexity index is 770. The number of ether oxygens (including phenoxy) is 1. The number of hydrogen-bond donors (Lipinski definition) is 1. The molecule has 1 saturated carbocycles. The second-order valence-corrected chi connectivity index (χ2v) is 6.96. The van der Waals surface area contributed by atoms with Crippen molar-refractivity contribution in [2.75, 3.05) is 6.61 Å². The average molecular weight is 372 g/mol. The van der Waals surface area contributed by atoms with E-state index in [1.807, 2.05) is 6.07 Å². The third-order valence-electron chi connectivity index (χ3n) is 4.55. The second-order valence-electron chi connectivity index (χ2n) is 6.53. The maximum Gasteiger partial charge on any atom is 0.258 e. The summed E-state index contributed by atoms with van der Waals surface area (Å²) in [6, 6.07) is 14.0. The first-order valence-electron chi connectivity index (χ1n) is 8.95. The van der Waals surface area contributed by atoms with Crippen molar-refractivity contribution in [1.82, 2.24) is 5.32 Å². The Morgan fingerprint density at radius 1 is 1.04 bits per heavy atom. The molecule has 0 spiro atoms. The first-order chi connectivity index (χ1) is 12.6. The van der Waals surface area contributed by atoms with Crippen LogP contribution in [0.5, 0.6) is 5.75 Å². The monoisotopic (exact) mass is 371 g/mol. The number of carbonyl (C=O) groups is 2. The van der Waals surface area contributed by atoms with Crippen LogP contribution in [-0.2, 0) is 4.79 Å². The third-order valence-corrected chi connectivity index (χ3v) is 4.79. The summed E-state index contributed by atoms with van der Waals surface area (Å²) in [5, 5.41) is 3.45. The molecule has 0 radical (unpaired) electrons. The van der Waals surface area contributed by atoms with Gasteiger partial charge in [-0.1, -0.05) is 61.2 Å². The van der Waals surface area contributed by atoms with Crippen molar-refractivity contribution >= 4 is 23.3 Å². The van der Waals surface area contributed by atoms with Gasteiger partial charge in [0.05, 0.1) is 5.56 Å². The van der Waals surface area contributed by atoms with Crippen molar-refractivity contribution in [3.8, 4) is 5.75 Å². The minimum atomic E-state index is -0.184. The maximum absolute atomic E-state index is 12.7. The molecule has 1 N–H and O–H groups in total. The largest absolute Gasteiger partial charge is 0.483 e. The Morgan fingerprint density at radius 3 is 2.50 bits per heavy atom. The Balaban J connectivity index is 1.68. The number of carbonyl (C=O) groups excluding carboxylic acids is 2. The van der Waals surface area contributed by atoms with E-state index in [2.05, 4.69) is 5.32 Å². The second kappa shape index (κ2) is 8.86. The average Bonchev–Trinajstić information content (AvgIpc) is 2.68. The van der Waals surface area contributed by atoms with Crippen molar-refractivity contribution < 1.29 is 14.3 Å². The highest BCUT2D eigenvalue weighted by Crippen LogP contribution is 2.26. The van der Waals surface area contributed by atoms with Crippen LogP contribution in [0.25, 0.3) is 0 Å². The molecule has 0 heterocycles. The molecular weight excluding hydrogens is 350 g/mol. The van der Waals surface area contributed by atoms with Gasteiger partial charge >= 0.3 is 0 Å². The van der Waals surface area contributed by atoms with E-state index in [0.717, 1.165) is 25.7 Å². The number of hydrogen-bond acceptors (Lipinski definition) is 3. The lowest BCUT2D eigenvalue weighted by Gasteiger charge is -2.22. The topological polar surface area (TPSA) is 55.4 Å². The van der Waals surface area contributed by atoms with Gasteiger partial charge in [0.25, 0.3) is 5.91 Å². The van der Waals surface area contributed by atoms with Crippen molar-refractivity contribution in [2.24, 2.45) is 0 Å². The van der Waals surface area contributed by atoms with Crippen molar-refractivity contribution in [2.45, 2.75) is 38.1 Å². The Morgan fingerprint density at radius 2 is 1.77 bits per heavy atom. The van der Waals surface area contributed by atoms with E-state index in [1.165, 1.54) is 6.42 Å². The number of nitrogens with one attached hydrogen (secondary N) is 1. The molecular formula is C21H22ClNO3. The molecule has 1 fully saturated rings. The van der Waals surface area contributed by atoms with Crippen molar-refractivity contribution in [1.29, 1.82) is 0 Å². The number of amides is 1. The SMILES string of the molecule is O=C(COc1ccc(Cl)cc1C(=O)c1ccccc1)NC1CCCCC1. The molecule has 3 rings (SSSR count). The molecule has 136 valence electrons. The van der Waals surface area contributed by atoms with E-state index >= 15 is 0 Å². The van der Waals surface area contributed by atoms with Gasteiger partial charge in [0.1, 0.15) is 5.75 Å². The van der Waals surface area contributed by atoms with Gasteiger partial charge in [0, 0.05) is 16.6 Å². The molecule has 1 aliphatic rings. The van der Waals surface area contributed by atoms with Crippen LogP contribution in [0.3, 0.4) is 0 Å². The quantitative estimate of drug-likeness (QED) is 0.766. The Kier molecular flexibility index (Phi) is 6.29. The fourth-order valence-corrected chi connectivity index (χ4v) is 3.38.